The van der Waals surface area contributed by atoms with Crippen LogP contribution in [-0.2, 0) is 18.4 Å². The first-order chi connectivity index (χ1) is 5.31. The Kier molecular flexibility index (Phi) is 4.52. The van der Waals surface area contributed by atoms with Crippen molar-refractivity contribution in [2.45, 2.75) is 6.42 Å². The molecule has 0 rings (SSSR count). The van der Waals surface area contributed by atoms with Crippen molar-refractivity contribution in [3.63, 3.8) is 0 Å². The van der Waals surface area contributed by atoms with E-state index in [0.29, 0.717) is 0 Å². The van der Waals surface area contributed by atoms with Crippen LogP contribution in [0.1, 0.15) is 6.42 Å². The normalized spacial score (nSPS) is 12.4. The highest BCUT2D eigenvalue weighted by atomic mass is 31.2. The Hall–Kier alpha value is -0.320. The van der Waals surface area contributed by atoms with Crippen LogP contribution >= 0.6 is 15.9 Å². The van der Waals surface area contributed by atoms with Crippen LogP contribution in [0.25, 0.3) is 0 Å². The molecule has 3 N–H and O–H groups in total. The van der Waals surface area contributed by atoms with Gasteiger partial charge >= 0.3 is 21.8 Å². The van der Waals surface area contributed by atoms with Gasteiger partial charge < -0.3 is 9.79 Å². The number of rotatable bonds is 4. The van der Waals surface area contributed by atoms with Gasteiger partial charge in [-0.3, -0.25) is 4.57 Å². The summed E-state index contributed by atoms with van der Waals surface area (Å²) in [7, 11) is -7.28. The first kappa shape index (κ1) is 11.7. The number of hydrogen-bond donors (Lipinski definition) is 3. The molecule has 12 heavy (non-hydrogen) atoms. The Morgan fingerprint density at radius 2 is 2.00 bits per heavy atom. The van der Waals surface area contributed by atoms with Crippen LogP contribution in [0.4, 0.5) is 0 Å². The first-order valence-electron chi connectivity index (χ1n) is 2.73. The third-order valence-corrected chi connectivity index (χ3v) is 1.95. The van der Waals surface area contributed by atoms with Crippen molar-refractivity contribution in [2.75, 3.05) is 6.16 Å². The Balaban J connectivity index is 3.73. The minimum atomic E-state index is -4.24. The lowest BCUT2D eigenvalue weighted by atomic mass is 10.5. The predicted molar refractivity (Wildman–Crippen MR) is 37.4 cm³/mol. The maximum atomic E-state index is 10.4. The molecular weight excluding hydrogens is 210 g/mol. The molecule has 0 amide bonds. The minimum Gasteiger partial charge on any atom is -0.324 e. The molecule has 0 aromatic rings. The molecule has 0 aliphatic rings. The third kappa shape index (κ3) is 7.78. The van der Waals surface area contributed by atoms with Crippen LogP contribution in [0.15, 0.2) is 0 Å². The molecule has 0 aromatic heterocycles. The second kappa shape index (κ2) is 4.64. The van der Waals surface area contributed by atoms with Gasteiger partial charge in [-0.2, -0.15) is 4.52 Å². The van der Waals surface area contributed by atoms with Crippen LogP contribution in [-0.4, -0.2) is 26.8 Å². The van der Waals surface area contributed by atoms with Crippen LogP contribution in [0.5, 0.6) is 0 Å². The lowest BCUT2D eigenvalue weighted by molar-refractivity contribution is -0.133. The number of hydrogen-bond acceptors (Lipinski definition) is 4. The summed E-state index contributed by atoms with van der Waals surface area (Å²) in [5, 5.41) is 0. The van der Waals surface area contributed by atoms with Crippen LogP contribution < -0.4 is 0 Å². The van der Waals surface area contributed by atoms with E-state index < -0.39 is 34.4 Å². The molecule has 0 saturated heterocycles. The highest BCUT2D eigenvalue weighted by Gasteiger charge is 2.23. The summed E-state index contributed by atoms with van der Waals surface area (Å²) >= 11 is 0. The molecule has 0 fully saturated rings. The van der Waals surface area contributed by atoms with E-state index in [0.717, 1.165) is 0 Å². The summed E-state index contributed by atoms with van der Waals surface area (Å²) in [6, 6.07) is 0. The molecule has 0 spiro atoms. The van der Waals surface area contributed by atoms with Crippen LogP contribution in [0.2, 0.25) is 0 Å². The molecule has 0 aliphatic carbocycles. The van der Waals surface area contributed by atoms with Crippen molar-refractivity contribution in [1.82, 2.24) is 0 Å². The van der Waals surface area contributed by atoms with E-state index in [1.165, 1.54) is 0 Å². The highest BCUT2D eigenvalue weighted by molar-refractivity contribution is 7.51. The van der Waals surface area contributed by atoms with Crippen molar-refractivity contribution >= 4 is 21.8 Å². The molecule has 0 radical (unpaired) electrons. The molecular formula is C3H7O7P2+. The molecule has 7 nitrogen and oxygen atoms in total. The quantitative estimate of drug-likeness (QED) is 0.554. The van der Waals surface area contributed by atoms with Gasteiger partial charge in [0, 0.05) is 4.57 Å². The van der Waals surface area contributed by atoms with Gasteiger partial charge in [0.25, 0.3) is 0 Å². The lowest BCUT2D eigenvalue weighted by Gasteiger charge is -1.98. The molecule has 1 unspecified atom stereocenters. The highest BCUT2D eigenvalue weighted by Crippen LogP contribution is 2.35. The van der Waals surface area contributed by atoms with Gasteiger partial charge in [-0.1, -0.05) is 0 Å². The standard InChI is InChI=1S/C3H6O7P2/c4-3(10-11(5)6)1-2-12(7,8)9/h1-2H2,(H2-,5,6,7,8,9)/p+1. The predicted octanol–water partition coefficient (Wildman–Crippen LogP) is -0.253. The van der Waals surface area contributed by atoms with Gasteiger partial charge in [0.05, 0.1) is 12.6 Å². The maximum Gasteiger partial charge on any atom is 0.750 e. The van der Waals surface area contributed by atoms with Gasteiger partial charge in [0.2, 0.25) is 0 Å². The van der Waals surface area contributed by atoms with Crippen molar-refractivity contribution < 1.29 is 33.1 Å². The number of carbonyl (C=O) groups is 1. The van der Waals surface area contributed by atoms with E-state index in [2.05, 4.69) is 4.52 Å². The van der Waals surface area contributed by atoms with Gasteiger partial charge in [0.1, 0.15) is 0 Å². The zero-order chi connectivity index (χ0) is 9.78. The summed E-state index contributed by atoms with van der Waals surface area (Å²) in [6.07, 6.45) is -1.26. The van der Waals surface area contributed by atoms with Crippen LogP contribution in [0.3, 0.4) is 0 Å². The molecule has 1 atom stereocenters. The average Bonchev–Trinajstić information content (AvgIpc) is 1.80. The van der Waals surface area contributed by atoms with Gasteiger partial charge in [0.15, 0.2) is 0 Å². The van der Waals surface area contributed by atoms with Gasteiger partial charge in [-0.25, -0.2) is 4.79 Å². The second-order valence-electron chi connectivity index (χ2n) is 1.84. The Bertz CT molecular complexity index is 229. The molecule has 0 bridgehead atoms. The monoisotopic (exact) mass is 217 g/mol. The summed E-state index contributed by atoms with van der Waals surface area (Å²) in [4.78, 5) is 35.0. The second-order valence-corrected chi connectivity index (χ2v) is 4.27. The fourth-order valence-electron chi connectivity index (χ4n) is 0.370. The molecule has 0 heterocycles. The largest absolute Gasteiger partial charge is 0.750 e. The van der Waals surface area contributed by atoms with Crippen molar-refractivity contribution in [3.05, 3.63) is 0 Å². The smallest absolute Gasteiger partial charge is 0.324 e. The molecule has 0 aliphatic heterocycles. The number of carbonyl (C=O) groups excluding carboxylic acids is 1. The third-order valence-electron chi connectivity index (χ3n) is 0.787. The summed E-state index contributed by atoms with van der Waals surface area (Å²) < 4.78 is 23.7. The van der Waals surface area contributed by atoms with Gasteiger partial charge in [-0.15, -0.1) is 4.89 Å². The van der Waals surface area contributed by atoms with Crippen LogP contribution in [0, 0.1) is 0 Å². The van der Waals surface area contributed by atoms with Crippen molar-refractivity contribution in [2.24, 2.45) is 0 Å². The van der Waals surface area contributed by atoms with Crippen molar-refractivity contribution in [3.8, 4) is 0 Å². The molecule has 0 aromatic carbocycles. The van der Waals surface area contributed by atoms with E-state index in [-0.39, 0.29) is 0 Å². The van der Waals surface area contributed by atoms with E-state index in [1.807, 2.05) is 0 Å². The van der Waals surface area contributed by atoms with E-state index in [1.54, 1.807) is 0 Å². The zero-order valence-corrected chi connectivity index (χ0v) is 7.57. The topological polar surface area (TPSA) is 121 Å². The fourth-order valence-corrected chi connectivity index (χ4v) is 1.11. The van der Waals surface area contributed by atoms with Crippen molar-refractivity contribution in [1.29, 1.82) is 0 Å². The Morgan fingerprint density at radius 1 is 1.50 bits per heavy atom. The lowest BCUT2D eigenvalue weighted by Crippen LogP contribution is -2.02. The molecule has 0 saturated carbocycles. The summed E-state index contributed by atoms with van der Waals surface area (Å²) in [5.41, 5.74) is 0. The summed E-state index contributed by atoms with van der Waals surface area (Å²) in [6.45, 7) is 0. The molecule has 70 valence electrons. The maximum absolute atomic E-state index is 10.4. The average molecular weight is 217 g/mol. The molecule has 9 heteroatoms. The first-order valence-corrected chi connectivity index (χ1v) is 5.65. The van der Waals surface area contributed by atoms with E-state index in [4.69, 9.17) is 14.7 Å². The van der Waals surface area contributed by atoms with E-state index >= 15 is 0 Å². The van der Waals surface area contributed by atoms with Gasteiger partial charge in [-0.05, 0) is 0 Å². The Morgan fingerprint density at radius 3 is 2.33 bits per heavy atom. The van der Waals surface area contributed by atoms with E-state index in [9.17, 15) is 13.9 Å². The Labute approximate surface area is 68.5 Å². The zero-order valence-electron chi connectivity index (χ0n) is 5.78. The minimum absolute atomic E-state index is 0.577. The fraction of sp³-hybridized carbons (Fsp3) is 0.667. The SMILES string of the molecule is O=C(CCP(=O)(O)O)O[P+](=O)O. The summed E-state index contributed by atoms with van der Waals surface area (Å²) in [5.74, 6) is -1.11.